The van der Waals surface area contributed by atoms with E-state index in [1.807, 2.05) is 71.4 Å². The standard InChI is InChI=1S/C20H12N2S2/c21-13-17(11-19-6-2-8-23-19)15-4-1-5-16(10-15)18(14-22)12-20-7-3-9-24-20/h1-12H/b17-11-,18-12-. The van der Waals surface area contributed by atoms with Crippen molar-refractivity contribution in [1.82, 2.24) is 0 Å². The molecule has 0 saturated heterocycles. The van der Waals surface area contributed by atoms with E-state index in [9.17, 15) is 10.5 Å². The number of rotatable bonds is 4. The van der Waals surface area contributed by atoms with E-state index in [1.54, 1.807) is 22.7 Å². The molecule has 0 saturated carbocycles. The first-order valence-electron chi connectivity index (χ1n) is 7.21. The van der Waals surface area contributed by atoms with Gasteiger partial charge in [0.15, 0.2) is 0 Å². The molecule has 1 aromatic carbocycles. The highest BCUT2D eigenvalue weighted by atomic mass is 32.1. The van der Waals surface area contributed by atoms with Gasteiger partial charge in [-0.3, -0.25) is 0 Å². The maximum Gasteiger partial charge on any atom is 0.0998 e. The van der Waals surface area contributed by atoms with Crippen molar-refractivity contribution in [3.8, 4) is 12.1 Å². The third-order valence-electron chi connectivity index (χ3n) is 3.39. The monoisotopic (exact) mass is 344 g/mol. The normalized spacial score (nSPS) is 11.8. The van der Waals surface area contributed by atoms with Gasteiger partial charge in [0, 0.05) is 9.75 Å². The Labute approximate surface area is 148 Å². The minimum atomic E-state index is 0.590. The van der Waals surface area contributed by atoms with Crippen LogP contribution in [0.2, 0.25) is 0 Å². The van der Waals surface area contributed by atoms with Crippen molar-refractivity contribution >= 4 is 46.0 Å². The van der Waals surface area contributed by atoms with Crippen molar-refractivity contribution in [1.29, 1.82) is 10.5 Å². The van der Waals surface area contributed by atoms with Crippen molar-refractivity contribution in [3.63, 3.8) is 0 Å². The van der Waals surface area contributed by atoms with Gasteiger partial charge in [-0.25, -0.2) is 0 Å². The van der Waals surface area contributed by atoms with E-state index >= 15 is 0 Å². The van der Waals surface area contributed by atoms with Crippen molar-refractivity contribution in [2.24, 2.45) is 0 Å². The smallest absolute Gasteiger partial charge is 0.0998 e. The molecule has 2 aromatic heterocycles. The maximum atomic E-state index is 9.48. The van der Waals surface area contributed by atoms with Crippen LogP contribution in [0.3, 0.4) is 0 Å². The zero-order valence-corrected chi connectivity index (χ0v) is 14.3. The quantitative estimate of drug-likeness (QED) is 0.550. The molecule has 2 nitrogen and oxygen atoms in total. The van der Waals surface area contributed by atoms with Gasteiger partial charge in [0.1, 0.15) is 0 Å². The summed E-state index contributed by atoms with van der Waals surface area (Å²) in [6, 6.07) is 19.9. The van der Waals surface area contributed by atoms with Crippen LogP contribution in [0, 0.1) is 22.7 Å². The third kappa shape index (κ3) is 3.70. The highest BCUT2D eigenvalue weighted by Gasteiger charge is 2.06. The highest BCUT2D eigenvalue weighted by molar-refractivity contribution is 7.11. The Bertz CT molecular complexity index is 886. The molecule has 0 aliphatic carbocycles. The predicted molar refractivity (Wildman–Crippen MR) is 102 cm³/mol. The second-order valence-electron chi connectivity index (χ2n) is 4.95. The summed E-state index contributed by atoms with van der Waals surface area (Å²) >= 11 is 3.18. The molecule has 4 heteroatoms. The fraction of sp³-hybridized carbons (Fsp3) is 0. The largest absolute Gasteiger partial charge is 0.192 e. The first kappa shape index (κ1) is 16.0. The number of benzene rings is 1. The molecule has 0 N–H and O–H groups in total. The Kier molecular flexibility index (Phi) is 5.03. The van der Waals surface area contributed by atoms with Crippen molar-refractivity contribution in [2.75, 3.05) is 0 Å². The molecule has 24 heavy (non-hydrogen) atoms. The Morgan fingerprint density at radius 3 is 1.62 bits per heavy atom. The Hall–Kier alpha value is -2.92. The van der Waals surface area contributed by atoms with Gasteiger partial charge in [-0.2, -0.15) is 10.5 Å². The molecule has 0 aliphatic rings. The molecule has 0 fully saturated rings. The van der Waals surface area contributed by atoms with E-state index in [2.05, 4.69) is 12.1 Å². The van der Waals surface area contributed by atoms with E-state index in [0.29, 0.717) is 11.1 Å². The molecule has 3 aromatic rings. The lowest BCUT2D eigenvalue weighted by molar-refractivity contribution is 1.50. The second-order valence-corrected chi connectivity index (χ2v) is 6.91. The Morgan fingerprint density at radius 1 is 0.750 bits per heavy atom. The van der Waals surface area contributed by atoms with E-state index < -0.39 is 0 Å². The average molecular weight is 344 g/mol. The minimum Gasteiger partial charge on any atom is -0.192 e. The first-order chi connectivity index (χ1) is 11.8. The molecule has 3 rings (SSSR count). The molecule has 0 radical (unpaired) electrons. The van der Waals surface area contributed by atoms with Crippen molar-refractivity contribution in [3.05, 3.63) is 80.2 Å². The van der Waals surface area contributed by atoms with Gasteiger partial charge in [-0.15, -0.1) is 22.7 Å². The number of allylic oxidation sites excluding steroid dienone is 2. The molecule has 0 atom stereocenters. The number of thiophene rings is 2. The van der Waals surface area contributed by atoms with E-state index in [4.69, 9.17) is 0 Å². The lowest BCUT2D eigenvalue weighted by atomic mass is 9.99. The van der Waals surface area contributed by atoms with Gasteiger partial charge in [-0.05, 0) is 52.2 Å². The minimum absolute atomic E-state index is 0.590. The summed E-state index contributed by atoms with van der Waals surface area (Å²) in [7, 11) is 0. The zero-order chi connectivity index (χ0) is 16.8. The number of nitriles is 2. The van der Waals surface area contributed by atoms with Gasteiger partial charge in [0.2, 0.25) is 0 Å². The number of nitrogens with zero attached hydrogens (tertiary/aromatic N) is 2. The van der Waals surface area contributed by atoms with Crippen LogP contribution in [0.1, 0.15) is 20.9 Å². The lowest BCUT2D eigenvalue weighted by Crippen LogP contribution is -1.86. The van der Waals surface area contributed by atoms with Crippen LogP contribution in [0.15, 0.2) is 59.3 Å². The van der Waals surface area contributed by atoms with Crippen LogP contribution >= 0.6 is 22.7 Å². The molecule has 0 aliphatic heterocycles. The summed E-state index contributed by atoms with van der Waals surface area (Å²) in [5, 5.41) is 22.9. The topological polar surface area (TPSA) is 47.6 Å². The van der Waals surface area contributed by atoms with Crippen LogP contribution in [0.25, 0.3) is 23.3 Å². The summed E-state index contributed by atoms with van der Waals surface area (Å²) in [6.07, 6.45) is 3.75. The van der Waals surface area contributed by atoms with Gasteiger partial charge >= 0.3 is 0 Å². The van der Waals surface area contributed by atoms with Crippen molar-refractivity contribution in [2.45, 2.75) is 0 Å². The lowest BCUT2D eigenvalue weighted by Gasteiger charge is -2.03. The van der Waals surface area contributed by atoms with Crippen LogP contribution in [-0.2, 0) is 0 Å². The highest BCUT2D eigenvalue weighted by Crippen LogP contribution is 2.25. The predicted octanol–water partition coefficient (Wildman–Crippen LogP) is 5.94. The molecule has 0 bridgehead atoms. The van der Waals surface area contributed by atoms with E-state index in [0.717, 1.165) is 20.9 Å². The summed E-state index contributed by atoms with van der Waals surface area (Å²) in [5.41, 5.74) is 2.81. The molecular formula is C20H12N2S2. The van der Waals surface area contributed by atoms with Gasteiger partial charge < -0.3 is 0 Å². The number of hydrogen-bond acceptors (Lipinski definition) is 4. The Morgan fingerprint density at radius 2 is 1.25 bits per heavy atom. The first-order valence-corrected chi connectivity index (χ1v) is 8.97. The van der Waals surface area contributed by atoms with Crippen LogP contribution in [0.4, 0.5) is 0 Å². The average Bonchev–Trinajstić information content (AvgIpc) is 3.31. The molecule has 0 amide bonds. The van der Waals surface area contributed by atoms with Crippen molar-refractivity contribution < 1.29 is 0 Å². The summed E-state index contributed by atoms with van der Waals surface area (Å²) in [5.74, 6) is 0. The SMILES string of the molecule is N#C/C(=C/c1cccs1)c1cccc(/C(C#N)=C\c2cccs2)c1. The maximum absolute atomic E-state index is 9.48. The fourth-order valence-corrected chi connectivity index (χ4v) is 3.56. The Balaban J connectivity index is 2.00. The molecule has 2 heterocycles. The van der Waals surface area contributed by atoms with E-state index in [-0.39, 0.29) is 0 Å². The fourth-order valence-electron chi connectivity index (χ4n) is 2.25. The third-order valence-corrected chi connectivity index (χ3v) is 5.02. The van der Waals surface area contributed by atoms with Crippen LogP contribution in [0.5, 0.6) is 0 Å². The molecule has 0 unspecified atom stereocenters. The molecule has 114 valence electrons. The van der Waals surface area contributed by atoms with Crippen LogP contribution < -0.4 is 0 Å². The van der Waals surface area contributed by atoms with Gasteiger partial charge in [0.25, 0.3) is 0 Å². The van der Waals surface area contributed by atoms with E-state index in [1.165, 1.54) is 0 Å². The zero-order valence-electron chi connectivity index (χ0n) is 12.6. The second kappa shape index (κ2) is 7.57. The molecule has 0 spiro atoms. The van der Waals surface area contributed by atoms with Gasteiger partial charge in [-0.1, -0.05) is 30.3 Å². The van der Waals surface area contributed by atoms with Crippen LogP contribution in [-0.4, -0.2) is 0 Å². The summed E-state index contributed by atoms with van der Waals surface area (Å²) in [4.78, 5) is 2.07. The number of hydrogen-bond donors (Lipinski definition) is 0. The summed E-state index contributed by atoms with van der Waals surface area (Å²) < 4.78 is 0. The summed E-state index contributed by atoms with van der Waals surface area (Å²) in [6.45, 7) is 0. The van der Waals surface area contributed by atoms with Gasteiger partial charge in [0.05, 0.1) is 23.3 Å². The molecular weight excluding hydrogens is 332 g/mol.